The van der Waals surface area contributed by atoms with Crippen molar-refractivity contribution in [3.8, 4) is 10.9 Å². The maximum absolute atomic E-state index is 13.0. The number of hydrogen-bond acceptors (Lipinski definition) is 5. The molecule has 7 heteroatoms. The molecule has 0 radical (unpaired) electrons. The lowest BCUT2D eigenvalue weighted by Crippen LogP contribution is -2.22. The Balaban J connectivity index is 1.32. The summed E-state index contributed by atoms with van der Waals surface area (Å²) in [4.78, 5) is 16.6. The van der Waals surface area contributed by atoms with Gasteiger partial charge in [-0.05, 0) is 47.5 Å². The van der Waals surface area contributed by atoms with Crippen LogP contribution in [0.5, 0.6) is 10.9 Å². The van der Waals surface area contributed by atoms with E-state index in [9.17, 15) is 9.18 Å². The van der Waals surface area contributed by atoms with E-state index in [-0.39, 0.29) is 11.7 Å². The zero-order valence-electron chi connectivity index (χ0n) is 15.9. The van der Waals surface area contributed by atoms with Gasteiger partial charge in [0, 0.05) is 30.1 Å². The van der Waals surface area contributed by atoms with Gasteiger partial charge in [0.25, 0.3) is 11.1 Å². The van der Waals surface area contributed by atoms with Gasteiger partial charge in [-0.25, -0.2) is 4.39 Å². The Morgan fingerprint density at radius 1 is 0.933 bits per heavy atom. The smallest absolute Gasteiger partial charge is 0.298 e. The van der Waals surface area contributed by atoms with Crippen molar-refractivity contribution >= 4 is 17.4 Å². The molecule has 0 saturated heterocycles. The Morgan fingerprint density at radius 2 is 1.67 bits per heavy atom. The number of carbonyl (C=O) groups excluding carboxylic acids is 1. The lowest BCUT2D eigenvalue weighted by molar-refractivity contribution is 0.0951. The summed E-state index contributed by atoms with van der Waals surface area (Å²) in [5, 5.41) is 3.30. The quantitative estimate of drug-likeness (QED) is 0.458. The molecule has 1 aromatic heterocycles. The number of carbonyl (C=O) groups is 1. The molecule has 30 heavy (non-hydrogen) atoms. The van der Waals surface area contributed by atoms with Crippen molar-refractivity contribution in [1.29, 1.82) is 0 Å². The number of rotatable bonds is 7. The Morgan fingerprint density at radius 3 is 2.40 bits per heavy atom. The summed E-state index contributed by atoms with van der Waals surface area (Å²) < 4.78 is 23.0. The Hall–Kier alpha value is -3.58. The molecule has 1 amide bonds. The molecule has 1 heterocycles. The van der Waals surface area contributed by atoms with Gasteiger partial charge in [-0.2, -0.15) is 9.36 Å². The molecule has 0 fully saturated rings. The third-order valence-corrected chi connectivity index (χ3v) is 4.98. The van der Waals surface area contributed by atoms with Crippen LogP contribution in [0.1, 0.15) is 27.3 Å². The highest BCUT2D eigenvalue weighted by molar-refractivity contribution is 7.07. The van der Waals surface area contributed by atoms with Crippen molar-refractivity contribution in [3.63, 3.8) is 0 Å². The van der Waals surface area contributed by atoms with Crippen molar-refractivity contribution in [2.75, 3.05) is 0 Å². The van der Waals surface area contributed by atoms with E-state index in [4.69, 9.17) is 4.74 Å². The summed E-state index contributed by atoms with van der Waals surface area (Å²) in [5.74, 6) is 0.756. The van der Waals surface area contributed by atoms with E-state index in [1.807, 2.05) is 30.3 Å². The van der Waals surface area contributed by atoms with E-state index < -0.39 is 0 Å². The molecule has 0 aliphatic rings. The van der Waals surface area contributed by atoms with E-state index in [1.54, 1.807) is 36.4 Å². The topological polar surface area (TPSA) is 64.1 Å². The van der Waals surface area contributed by atoms with Gasteiger partial charge in [0.2, 0.25) is 0 Å². The molecule has 0 unspecified atom stereocenters. The minimum absolute atomic E-state index is 0.150. The zero-order valence-corrected chi connectivity index (χ0v) is 16.7. The van der Waals surface area contributed by atoms with Gasteiger partial charge in [0.15, 0.2) is 5.82 Å². The third kappa shape index (κ3) is 5.27. The largest absolute Gasteiger partial charge is 0.430 e. The van der Waals surface area contributed by atoms with Gasteiger partial charge >= 0.3 is 0 Å². The monoisotopic (exact) mass is 419 g/mol. The first-order valence-corrected chi connectivity index (χ1v) is 10.1. The van der Waals surface area contributed by atoms with Crippen LogP contribution in [0, 0.1) is 5.82 Å². The molecule has 0 saturated carbocycles. The number of halogens is 1. The van der Waals surface area contributed by atoms with Crippen molar-refractivity contribution in [3.05, 3.63) is 107 Å². The Bertz CT molecular complexity index is 1110. The highest BCUT2D eigenvalue weighted by Gasteiger charge is 2.09. The molecule has 4 rings (SSSR count). The molecule has 0 aliphatic heterocycles. The fourth-order valence-corrected chi connectivity index (χ4v) is 3.36. The maximum Gasteiger partial charge on any atom is 0.298 e. The molecule has 0 atom stereocenters. The van der Waals surface area contributed by atoms with Gasteiger partial charge in [-0.15, -0.1) is 0 Å². The predicted octanol–water partition coefficient (Wildman–Crippen LogP) is 4.99. The van der Waals surface area contributed by atoms with E-state index in [0.29, 0.717) is 35.3 Å². The van der Waals surface area contributed by atoms with Crippen molar-refractivity contribution in [1.82, 2.24) is 14.7 Å². The highest BCUT2D eigenvalue weighted by Crippen LogP contribution is 2.24. The van der Waals surface area contributed by atoms with Gasteiger partial charge in [-0.1, -0.05) is 42.5 Å². The van der Waals surface area contributed by atoms with Gasteiger partial charge in [0.1, 0.15) is 11.6 Å². The minimum atomic E-state index is -0.272. The highest BCUT2D eigenvalue weighted by atomic mass is 32.1. The normalized spacial score (nSPS) is 10.6. The summed E-state index contributed by atoms with van der Waals surface area (Å²) in [6, 6.07) is 22.8. The fourth-order valence-electron chi connectivity index (χ4n) is 2.79. The van der Waals surface area contributed by atoms with Crippen LogP contribution in [-0.2, 0) is 13.0 Å². The summed E-state index contributed by atoms with van der Waals surface area (Å²) in [5.41, 5.74) is 2.51. The standard InChI is InChI=1S/C23H18FN3O2S/c24-19-10-6-16(7-11-19)14-21-26-23(30-27-21)29-20-12-8-18(9-13-20)22(28)25-15-17-4-2-1-3-5-17/h1-13H,14-15H2,(H,25,28). The first-order chi connectivity index (χ1) is 14.7. The average molecular weight is 419 g/mol. The molecule has 3 aromatic carbocycles. The molecular weight excluding hydrogens is 401 g/mol. The number of hydrogen-bond donors (Lipinski definition) is 1. The zero-order chi connectivity index (χ0) is 20.8. The third-order valence-electron chi connectivity index (χ3n) is 4.34. The van der Waals surface area contributed by atoms with Crippen LogP contribution in [0.25, 0.3) is 0 Å². The van der Waals surface area contributed by atoms with Crippen molar-refractivity contribution < 1.29 is 13.9 Å². The summed E-state index contributed by atoms with van der Waals surface area (Å²) >= 11 is 1.15. The number of amides is 1. The Kier molecular flexibility index (Phi) is 6.10. The molecule has 0 aliphatic carbocycles. The number of nitrogens with zero attached hydrogens (tertiary/aromatic N) is 2. The molecular formula is C23H18FN3O2S. The maximum atomic E-state index is 13.0. The number of nitrogens with one attached hydrogen (secondary N) is 1. The first-order valence-electron chi connectivity index (χ1n) is 9.33. The van der Waals surface area contributed by atoms with E-state index in [2.05, 4.69) is 14.7 Å². The van der Waals surface area contributed by atoms with E-state index in [1.165, 1.54) is 12.1 Å². The second kappa shape index (κ2) is 9.28. The summed E-state index contributed by atoms with van der Waals surface area (Å²) in [6.45, 7) is 0.472. The molecule has 1 N–H and O–H groups in total. The van der Waals surface area contributed by atoms with Crippen LogP contribution < -0.4 is 10.1 Å². The second-order valence-electron chi connectivity index (χ2n) is 6.57. The van der Waals surface area contributed by atoms with Crippen molar-refractivity contribution in [2.45, 2.75) is 13.0 Å². The van der Waals surface area contributed by atoms with E-state index >= 15 is 0 Å². The molecule has 0 spiro atoms. The lowest BCUT2D eigenvalue weighted by atomic mass is 10.1. The first kappa shape index (κ1) is 19.7. The van der Waals surface area contributed by atoms with Crippen LogP contribution in [0.3, 0.4) is 0 Å². The molecule has 5 nitrogen and oxygen atoms in total. The summed E-state index contributed by atoms with van der Waals surface area (Å²) in [7, 11) is 0. The van der Waals surface area contributed by atoms with E-state index in [0.717, 1.165) is 22.7 Å². The molecule has 150 valence electrons. The number of ether oxygens (including phenoxy) is 1. The average Bonchev–Trinajstić information content (AvgIpc) is 3.21. The minimum Gasteiger partial charge on any atom is -0.430 e. The lowest BCUT2D eigenvalue weighted by Gasteiger charge is -2.06. The van der Waals surface area contributed by atoms with Crippen LogP contribution in [0.4, 0.5) is 4.39 Å². The second-order valence-corrected chi connectivity index (χ2v) is 7.29. The predicted molar refractivity (Wildman–Crippen MR) is 113 cm³/mol. The number of benzene rings is 3. The van der Waals surface area contributed by atoms with Gasteiger partial charge in [0.05, 0.1) is 0 Å². The van der Waals surface area contributed by atoms with Crippen LogP contribution in [-0.4, -0.2) is 15.3 Å². The molecule has 0 bridgehead atoms. The van der Waals surface area contributed by atoms with Gasteiger partial charge < -0.3 is 10.1 Å². The van der Waals surface area contributed by atoms with Crippen LogP contribution >= 0.6 is 11.5 Å². The fraction of sp³-hybridized carbons (Fsp3) is 0.0870. The van der Waals surface area contributed by atoms with Crippen LogP contribution in [0.15, 0.2) is 78.9 Å². The molecule has 4 aromatic rings. The SMILES string of the molecule is O=C(NCc1ccccc1)c1ccc(Oc2nc(Cc3ccc(F)cc3)ns2)cc1. The van der Waals surface area contributed by atoms with Gasteiger partial charge in [-0.3, -0.25) is 4.79 Å². The Labute approximate surface area is 177 Å². The van der Waals surface area contributed by atoms with Crippen molar-refractivity contribution in [2.24, 2.45) is 0 Å². The van der Waals surface area contributed by atoms with Crippen LogP contribution in [0.2, 0.25) is 0 Å². The number of aromatic nitrogens is 2. The summed E-state index contributed by atoms with van der Waals surface area (Å²) in [6.07, 6.45) is 0.501.